The highest BCUT2D eigenvalue weighted by Crippen LogP contribution is 2.20. The molecule has 4 nitrogen and oxygen atoms in total. The summed E-state index contributed by atoms with van der Waals surface area (Å²) in [6.45, 7) is 6.29. The Bertz CT molecular complexity index is 489. The standard InChI is InChI=1S/C8H10O4S.C8H18/c1-6-2-3-7(8(9)4-6)5-13(10,11)12;1-3-5-7-8-6-4-2/h2-4,9H,5H2,1H3,(H,10,11,12);3-8H2,1-2H3. The van der Waals surface area contributed by atoms with Crippen LogP contribution in [0, 0.1) is 6.92 Å². The lowest BCUT2D eigenvalue weighted by atomic mass is 10.1. The summed E-state index contributed by atoms with van der Waals surface area (Å²) < 4.78 is 29.5. The third-order valence-corrected chi connectivity index (χ3v) is 3.71. The molecule has 1 rings (SSSR count). The molecule has 0 bridgehead atoms. The van der Waals surface area contributed by atoms with Gasteiger partial charge < -0.3 is 5.11 Å². The van der Waals surface area contributed by atoms with E-state index in [-0.39, 0.29) is 11.3 Å². The fraction of sp³-hybridized carbons (Fsp3) is 0.625. The molecule has 0 unspecified atom stereocenters. The van der Waals surface area contributed by atoms with Crippen LogP contribution in [0.4, 0.5) is 0 Å². The number of unbranched alkanes of at least 4 members (excludes halogenated alkanes) is 5. The van der Waals surface area contributed by atoms with Gasteiger partial charge in [0.05, 0.1) is 0 Å². The number of aryl methyl sites for hydroxylation is 1. The zero-order valence-corrected chi connectivity index (χ0v) is 14.1. The topological polar surface area (TPSA) is 74.6 Å². The summed E-state index contributed by atoms with van der Waals surface area (Å²) in [7, 11) is -4.07. The molecule has 0 aromatic heterocycles. The average molecular weight is 316 g/mol. The first kappa shape index (κ1) is 19.9. The van der Waals surface area contributed by atoms with Crippen molar-refractivity contribution in [2.24, 2.45) is 0 Å². The fourth-order valence-corrected chi connectivity index (χ4v) is 2.48. The molecule has 0 heterocycles. The van der Waals surface area contributed by atoms with Crippen LogP contribution in [0.1, 0.15) is 63.5 Å². The average Bonchev–Trinajstić information content (AvgIpc) is 2.38. The number of benzene rings is 1. The van der Waals surface area contributed by atoms with Gasteiger partial charge in [0.25, 0.3) is 10.1 Å². The highest BCUT2D eigenvalue weighted by atomic mass is 32.2. The van der Waals surface area contributed by atoms with E-state index in [9.17, 15) is 13.5 Å². The van der Waals surface area contributed by atoms with Crippen LogP contribution in [0.3, 0.4) is 0 Å². The molecular weight excluding hydrogens is 288 g/mol. The molecule has 0 aliphatic heterocycles. The molecule has 0 fully saturated rings. The number of phenols is 1. The van der Waals surface area contributed by atoms with Crippen molar-refractivity contribution in [1.29, 1.82) is 0 Å². The lowest BCUT2D eigenvalue weighted by molar-refractivity contribution is 0.461. The minimum atomic E-state index is -4.07. The van der Waals surface area contributed by atoms with E-state index >= 15 is 0 Å². The maximum absolute atomic E-state index is 10.5. The fourth-order valence-electron chi connectivity index (χ4n) is 1.85. The van der Waals surface area contributed by atoms with Gasteiger partial charge in [0.15, 0.2) is 0 Å². The molecule has 0 aliphatic rings. The largest absolute Gasteiger partial charge is 0.508 e. The van der Waals surface area contributed by atoms with Gasteiger partial charge in [0.1, 0.15) is 11.5 Å². The summed E-state index contributed by atoms with van der Waals surface area (Å²) in [5.74, 6) is -0.670. The Labute approximate surface area is 129 Å². The van der Waals surface area contributed by atoms with Gasteiger partial charge in [-0.05, 0) is 18.6 Å². The van der Waals surface area contributed by atoms with Gasteiger partial charge in [0, 0.05) is 5.56 Å². The van der Waals surface area contributed by atoms with Crippen LogP contribution in [-0.4, -0.2) is 18.1 Å². The van der Waals surface area contributed by atoms with E-state index in [1.165, 1.54) is 50.7 Å². The molecule has 0 radical (unpaired) electrons. The molecule has 0 spiro atoms. The number of rotatable bonds is 7. The van der Waals surface area contributed by atoms with E-state index in [1.807, 2.05) is 0 Å². The van der Waals surface area contributed by atoms with Crippen molar-refractivity contribution >= 4 is 10.1 Å². The minimum absolute atomic E-state index is 0.113. The Hall–Kier alpha value is -1.07. The van der Waals surface area contributed by atoms with E-state index in [0.29, 0.717) is 0 Å². The van der Waals surface area contributed by atoms with Crippen molar-refractivity contribution in [2.75, 3.05) is 0 Å². The smallest absolute Gasteiger partial charge is 0.269 e. The van der Waals surface area contributed by atoms with Gasteiger partial charge in [-0.25, -0.2) is 0 Å². The van der Waals surface area contributed by atoms with Gasteiger partial charge in [0.2, 0.25) is 0 Å². The van der Waals surface area contributed by atoms with Crippen molar-refractivity contribution in [3.05, 3.63) is 29.3 Å². The van der Waals surface area contributed by atoms with Crippen molar-refractivity contribution in [3.8, 4) is 5.75 Å². The zero-order chi connectivity index (χ0) is 16.3. The van der Waals surface area contributed by atoms with Crippen LogP contribution in [0.5, 0.6) is 5.75 Å². The van der Waals surface area contributed by atoms with E-state index < -0.39 is 15.9 Å². The monoisotopic (exact) mass is 316 g/mol. The maximum Gasteiger partial charge on any atom is 0.269 e. The lowest BCUT2D eigenvalue weighted by Crippen LogP contribution is -2.01. The lowest BCUT2D eigenvalue weighted by Gasteiger charge is -2.02. The quantitative estimate of drug-likeness (QED) is 0.575. The minimum Gasteiger partial charge on any atom is -0.508 e. The predicted octanol–water partition coefficient (Wildman–Crippen LogP) is 4.46. The van der Waals surface area contributed by atoms with Crippen LogP contribution < -0.4 is 0 Å². The molecule has 1 aromatic carbocycles. The van der Waals surface area contributed by atoms with Crippen molar-refractivity contribution in [2.45, 2.75) is 65.0 Å². The molecule has 21 heavy (non-hydrogen) atoms. The molecule has 1 aromatic rings. The Balaban J connectivity index is 0.000000433. The summed E-state index contributed by atoms with van der Waals surface area (Å²) >= 11 is 0. The third kappa shape index (κ3) is 11.3. The summed E-state index contributed by atoms with van der Waals surface area (Å²) in [4.78, 5) is 0. The molecule has 0 amide bonds. The Kier molecular flexibility index (Phi) is 10.1. The number of hydrogen-bond acceptors (Lipinski definition) is 3. The van der Waals surface area contributed by atoms with Gasteiger partial charge in [-0.3, -0.25) is 4.55 Å². The highest BCUT2D eigenvalue weighted by Gasteiger charge is 2.10. The Morgan fingerprint density at radius 2 is 1.52 bits per heavy atom. The SMILES string of the molecule is CCCCCCCC.Cc1ccc(CS(=O)(=O)O)c(O)c1. The maximum atomic E-state index is 10.5. The van der Waals surface area contributed by atoms with E-state index in [0.717, 1.165) is 5.56 Å². The second kappa shape index (κ2) is 10.6. The first-order valence-corrected chi connectivity index (χ1v) is 9.14. The van der Waals surface area contributed by atoms with Crippen LogP contribution >= 0.6 is 0 Å². The molecule has 2 N–H and O–H groups in total. The first-order valence-electron chi connectivity index (χ1n) is 7.53. The first-order chi connectivity index (χ1) is 9.80. The second-order valence-corrected chi connectivity index (χ2v) is 6.73. The number of aromatic hydroxyl groups is 1. The van der Waals surface area contributed by atoms with Crippen LogP contribution in [0.15, 0.2) is 18.2 Å². The third-order valence-electron chi connectivity index (χ3n) is 3.04. The molecule has 0 saturated heterocycles. The van der Waals surface area contributed by atoms with Crippen LogP contribution in [-0.2, 0) is 15.9 Å². The molecule has 0 atom stereocenters. The normalized spacial score (nSPS) is 10.9. The summed E-state index contributed by atoms with van der Waals surface area (Å²) in [6.07, 6.45) is 8.49. The molecule has 0 aliphatic carbocycles. The zero-order valence-electron chi connectivity index (χ0n) is 13.3. The van der Waals surface area contributed by atoms with E-state index in [1.54, 1.807) is 13.0 Å². The summed E-state index contributed by atoms with van der Waals surface area (Å²) in [5, 5.41) is 9.28. The van der Waals surface area contributed by atoms with Gasteiger partial charge in [-0.1, -0.05) is 64.5 Å². The highest BCUT2D eigenvalue weighted by molar-refractivity contribution is 7.85. The van der Waals surface area contributed by atoms with Crippen LogP contribution in [0.25, 0.3) is 0 Å². The summed E-state index contributed by atoms with van der Waals surface area (Å²) in [5.41, 5.74) is 1.03. The van der Waals surface area contributed by atoms with Gasteiger partial charge >= 0.3 is 0 Å². The van der Waals surface area contributed by atoms with E-state index in [4.69, 9.17) is 4.55 Å². The second-order valence-electron chi connectivity index (χ2n) is 5.27. The van der Waals surface area contributed by atoms with Gasteiger partial charge in [-0.2, -0.15) is 8.42 Å². The van der Waals surface area contributed by atoms with Crippen molar-refractivity contribution < 1.29 is 18.1 Å². The predicted molar refractivity (Wildman–Crippen MR) is 87.1 cm³/mol. The van der Waals surface area contributed by atoms with Crippen molar-refractivity contribution in [3.63, 3.8) is 0 Å². The molecular formula is C16H28O4S. The van der Waals surface area contributed by atoms with Crippen LogP contribution in [0.2, 0.25) is 0 Å². The Morgan fingerprint density at radius 3 is 1.90 bits per heavy atom. The Morgan fingerprint density at radius 1 is 1.00 bits per heavy atom. The van der Waals surface area contributed by atoms with Crippen molar-refractivity contribution in [1.82, 2.24) is 0 Å². The molecule has 0 saturated carbocycles. The van der Waals surface area contributed by atoms with Gasteiger partial charge in [-0.15, -0.1) is 0 Å². The number of phenolic OH excluding ortho intramolecular Hbond substituents is 1. The molecule has 122 valence electrons. The number of hydrogen-bond donors (Lipinski definition) is 2. The molecule has 5 heteroatoms. The summed E-state index contributed by atoms with van der Waals surface area (Å²) in [6, 6.07) is 4.58. The van der Waals surface area contributed by atoms with E-state index in [2.05, 4.69) is 13.8 Å².